The van der Waals surface area contributed by atoms with Crippen molar-refractivity contribution < 1.29 is 14.3 Å². The Kier molecular flexibility index (Phi) is 5.85. The van der Waals surface area contributed by atoms with Gasteiger partial charge in [-0.3, -0.25) is 9.59 Å². The lowest BCUT2D eigenvalue weighted by Crippen LogP contribution is -2.48. The van der Waals surface area contributed by atoms with E-state index in [-0.39, 0.29) is 30.1 Å². The summed E-state index contributed by atoms with van der Waals surface area (Å²) in [6, 6.07) is 7.37. The summed E-state index contributed by atoms with van der Waals surface area (Å²) < 4.78 is 5.13. The molecular weight excluding hydrogens is 318 g/mol. The zero-order valence-electron chi connectivity index (χ0n) is 13.2. The molecule has 1 unspecified atom stereocenters. The Morgan fingerprint density at radius 3 is 2.48 bits per heavy atom. The number of nitrogens with zero attached hydrogens (tertiary/aromatic N) is 2. The molecule has 3 rings (SSSR count). The summed E-state index contributed by atoms with van der Waals surface area (Å²) in [5, 5.41) is 3.23. The van der Waals surface area contributed by atoms with Crippen molar-refractivity contribution in [1.82, 2.24) is 10.2 Å². The molecule has 1 aromatic carbocycles. The summed E-state index contributed by atoms with van der Waals surface area (Å²) in [5.41, 5.74) is 0.821. The Morgan fingerprint density at radius 2 is 1.87 bits per heavy atom. The molecule has 7 heteroatoms. The second kappa shape index (κ2) is 7.66. The van der Waals surface area contributed by atoms with Crippen LogP contribution < -0.4 is 15.0 Å². The van der Waals surface area contributed by atoms with Crippen LogP contribution in [0.5, 0.6) is 5.75 Å². The molecule has 1 N–H and O–H groups in total. The number of anilines is 1. The van der Waals surface area contributed by atoms with Crippen molar-refractivity contribution in [2.45, 2.75) is 6.42 Å². The minimum atomic E-state index is -0.229. The van der Waals surface area contributed by atoms with E-state index in [0.717, 1.165) is 37.6 Å². The number of amides is 2. The maximum Gasteiger partial charge on any atom is 0.228 e. The molecule has 0 spiro atoms. The van der Waals surface area contributed by atoms with Gasteiger partial charge in [0.1, 0.15) is 5.75 Å². The van der Waals surface area contributed by atoms with Crippen LogP contribution in [0.25, 0.3) is 0 Å². The zero-order chi connectivity index (χ0) is 15.5. The molecule has 2 saturated heterocycles. The van der Waals surface area contributed by atoms with Gasteiger partial charge in [-0.1, -0.05) is 0 Å². The number of ether oxygens (including phenoxy) is 1. The van der Waals surface area contributed by atoms with Gasteiger partial charge in [0.15, 0.2) is 0 Å². The molecule has 23 heavy (non-hydrogen) atoms. The van der Waals surface area contributed by atoms with Gasteiger partial charge in [0.25, 0.3) is 0 Å². The molecule has 0 saturated carbocycles. The van der Waals surface area contributed by atoms with Crippen LogP contribution in [0.1, 0.15) is 6.42 Å². The fourth-order valence-corrected chi connectivity index (χ4v) is 3.03. The molecular formula is C16H22ClN3O3. The number of carbonyl (C=O) groups excluding carboxylic acids is 2. The standard InChI is InChI=1S/C16H21N3O3.ClH/c1-22-14-4-2-13(3-5-14)19-11-12(10-15(19)20)16(21)18-8-6-17-7-9-18;/h2-5,12,17H,6-11H2,1H3;1H. The van der Waals surface area contributed by atoms with Crippen LogP contribution in [0.15, 0.2) is 24.3 Å². The molecule has 2 fully saturated rings. The molecule has 0 bridgehead atoms. The monoisotopic (exact) mass is 339 g/mol. The van der Waals surface area contributed by atoms with E-state index in [2.05, 4.69) is 5.32 Å². The maximum absolute atomic E-state index is 12.5. The van der Waals surface area contributed by atoms with Crippen molar-refractivity contribution in [3.8, 4) is 5.75 Å². The summed E-state index contributed by atoms with van der Waals surface area (Å²) in [6.07, 6.45) is 0.300. The minimum Gasteiger partial charge on any atom is -0.497 e. The number of hydrogen-bond acceptors (Lipinski definition) is 4. The first kappa shape index (κ1) is 17.6. The Hall–Kier alpha value is -1.79. The average Bonchev–Trinajstić information content (AvgIpc) is 2.97. The van der Waals surface area contributed by atoms with Crippen LogP contribution in [0, 0.1) is 5.92 Å². The number of nitrogens with one attached hydrogen (secondary N) is 1. The van der Waals surface area contributed by atoms with Crippen molar-refractivity contribution >= 4 is 29.9 Å². The van der Waals surface area contributed by atoms with Gasteiger partial charge in [-0.15, -0.1) is 12.4 Å². The molecule has 126 valence electrons. The van der Waals surface area contributed by atoms with Crippen LogP contribution >= 0.6 is 12.4 Å². The highest BCUT2D eigenvalue weighted by Crippen LogP contribution is 2.27. The van der Waals surface area contributed by atoms with Crippen molar-refractivity contribution in [1.29, 1.82) is 0 Å². The second-order valence-electron chi connectivity index (χ2n) is 5.68. The van der Waals surface area contributed by atoms with Crippen LogP contribution in [0.4, 0.5) is 5.69 Å². The number of halogens is 1. The highest BCUT2D eigenvalue weighted by molar-refractivity contribution is 6.00. The van der Waals surface area contributed by atoms with E-state index in [4.69, 9.17) is 4.74 Å². The van der Waals surface area contributed by atoms with Gasteiger partial charge in [0.2, 0.25) is 11.8 Å². The van der Waals surface area contributed by atoms with Crippen molar-refractivity contribution in [2.75, 3.05) is 44.7 Å². The third kappa shape index (κ3) is 3.76. The molecule has 2 aliphatic heterocycles. The Balaban J connectivity index is 0.00000192. The van der Waals surface area contributed by atoms with E-state index in [1.165, 1.54) is 0 Å². The maximum atomic E-state index is 12.5. The number of methoxy groups -OCH3 is 1. The van der Waals surface area contributed by atoms with Crippen molar-refractivity contribution in [3.05, 3.63) is 24.3 Å². The minimum absolute atomic E-state index is 0. The van der Waals surface area contributed by atoms with Crippen LogP contribution in [-0.4, -0.2) is 56.5 Å². The Bertz CT molecular complexity index is 558. The molecule has 1 aromatic rings. The van der Waals surface area contributed by atoms with Gasteiger partial charge in [-0.05, 0) is 24.3 Å². The van der Waals surface area contributed by atoms with E-state index < -0.39 is 0 Å². The predicted molar refractivity (Wildman–Crippen MR) is 90.2 cm³/mol. The topological polar surface area (TPSA) is 61.9 Å². The quantitative estimate of drug-likeness (QED) is 0.889. The largest absolute Gasteiger partial charge is 0.497 e. The first-order chi connectivity index (χ1) is 10.7. The summed E-state index contributed by atoms with van der Waals surface area (Å²) in [5.74, 6) is 0.640. The molecule has 0 aromatic heterocycles. The van der Waals surface area contributed by atoms with E-state index >= 15 is 0 Å². The molecule has 2 amide bonds. The Labute approximate surface area is 142 Å². The molecule has 1 atom stereocenters. The SMILES string of the molecule is COc1ccc(N2CC(C(=O)N3CCNCC3)CC2=O)cc1.Cl. The molecule has 6 nitrogen and oxygen atoms in total. The zero-order valence-corrected chi connectivity index (χ0v) is 14.0. The fourth-order valence-electron chi connectivity index (χ4n) is 3.03. The summed E-state index contributed by atoms with van der Waals surface area (Å²) in [7, 11) is 1.61. The summed E-state index contributed by atoms with van der Waals surface area (Å²) >= 11 is 0. The van der Waals surface area contributed by atoms with Gasteiger partial charge >= 0.3 is 0 Å². The number of carbonyl (C=O) groups is 2. The molecule has 0 radical (unpaired) electrons. The van der Waals surface area contributed by atoms with E-state index in [1.54, 1.807) is 12.0 Å². The van der Waals surface area contributed by atoms with Gasteiger partial charge in [0, 0.05) is 44.8 Å². The summed E-state index contributed by atoms with van der Waals surface area (Å²) in [6.45, 7) is 3.58. The predicted octanol–water partition coefficient (Wildman–Crippen LogP) is 0.902. The number of hydrogen-bond donors (Lipinski definition) is 1. The highest BCUT2D eigenvalue weighted by atomic mass is 35.5. The van der Waals surface area contributed by atoms with Gasteiger partial charge in [-0.2, -0.15) is 0 Å². The number of rotatable bonds is 3. The highest BCUT2D eigenvalue weighted by Gasteiger charge is 2.37. The van der Waals surface area contributed by atoms with Crippen LogP contribution in [-0.2, 0) is 9.59 Å². The van der Waals surface area contributed by atoms with Crippen molar-refractivity contribution in [2.24, 2.45) is 5.92 Å². The van der Waals surface area contributed by atoms with E-state index in [0.29, 0.717) is 13.0 Å². The fraction of sp³-hybridized carbons (Fsp3) is 0.500. The summed E-state index contributed by atoms with van der Waals surface area (Å²) in [4.78, 5) is 28.3. The van der Waals surface area contributed by atoms with Crippen LogP contribution in [0.3, 0.4) is 0 Å². The lowest BCUT2D eigenvalue weighted by atomic mass is 10.1. The molecule has 2 aliphatic rings. The lowest BCUT2D eigenvalue weighted by molar-refractivity contribution is -0.136. The lowest BCUT2D eigenvalue weighted by Gasteiger charge is -2.29. The molecule has 0 aliphatic carbocycles. The number of piperazine rings is 1. The van der Waals surface area contributed by atoms with Gasteiger partial charge in [-0.25, -0.2) is 0 Å². The average molecular weight is 340 g/mol. The number of benzene rings is 1. The first-order valence-corrected chi connectivity index (χ1v) is 7.63. The van der Waals surface area contributed by atoms with Crippen molar-refractivity contribution in [3.63, 3.8) is 0 Å². The third-order valence-electron chi connectivity index (χ3n) is 4.29. The molecule has 2 heterocycles. The first-order valence-electron chi connectivity index (χ1n) is 7.63. The van der Waals surface area contributed by atoms with E-state index in [9.17, 15) is 9.59 Å². The van der Waals surface area contributed by atoms with Gasteiger partial charge in [0.05, 0.1) is 13.0 Å². The van der Waals surface area contributed by atoms with E-state index in [1.807, 2.05) is 29.2 Å². The second-order valence-corrected chi connectivity index (χ2v) is 5.68. The van der Waals surface area contributed by atoms with Crippen LogP contribution in [0.2, 0.25) is 0 Å². The van der Waals surface area contributed by atoms with Gasteiger partial charge < -0.3 is 19.9 Å². The smallest absolute Gasteiger partial charge is 0.228 e. The Morgan fingerprint density at radius 1 is 1.22 bits per heavy atom. The normalized spacial score (nSPS) is 21.1. The third-order valence-corrected chi connectivity index (χ3v) is 4.29.